The Morgan fingerprint density at radius 1 is 1.32 bits per heavy atom. The summed E-state index contributed by atoms with van der Waals surface area (Å²) in [6, 6.07) is 5.73. The molecule has 7 heteroatoms. The van der Waals surface area contributed by atoms with Gasteiger partial charge in [-0.2, -0.15) is 0 Å². The lowest BCUT2D eigenvalue weighted by atomic mass is 9.91. The van der Waals surface area contributed by atoms with E-state index in [2.05, 4.69) is 17.1 Å². The van der Waals surface area contributed by atoms with Gasteiger partial charge in [0.25, 0.3) is 0 Å². The first-order valence-electron chi connectivity index (χ1n) is 7.51. The van der Waals surface area contributed by atoms with Crippen LogP contribution >= 0.6 is 35.0 Å². The first kappa shape index (κ1) is 16.8. The number of nitrogens with two attached hydrogens (primary N) is 2. The Morgan fingerprint density at radius 3 is 2.68 bits per heavy atom. The van der Waals surface area contributed by atoms with E-state index in [0.717, 1.165) is 31.5 Å². The third kappa shape index (κ3) is 3.41. The van der Waals surface area contributed by atoms with Gasteiger partial charge in [0.2, 0.25) is 0 Å². The zero-order valence-corrected chi connectivity index (χ0v) is 14.9. The molecule has 3 rings (SSSR count). The molecule has 1 aromatic carbocycles. The number of benzene rings is 1. The molecule has 0 spiro atoms. The van der Waals surface area contributed by atoms with E-state index >= 15 is 0 Å². The van der Waals surface area contributed by atoms with Crippen LogP contribution in [0.15, 0.2) is 18.2 Å². The van der Waals surface area contributed by atoms with Gasteiger partial charge in [0, 0.05) is 18.6 Å². The minimum absolute atomic E-state index is 0.0441. The molecule has 0 bridgehead atoms. The molecule has 4 nitrogen and oxygen atoms in total. The average Bonchev–Trinajstić information content (AvgIpc) is 2.84. The maximum absolute atomic E-state index is 6.35. The van der Waals surface area contributed by atoms with E-state index < -0.39 is 0 Å². The van der Waals surface area contributed by atoms with Gasteiger partial charge in [0.15, 0.2) is 0 Å². The van der Waals surface area contributed by atoms with Crippen LogP contribution in [0.4, 0.5) is 0 Å². The molecular formula is C15H22Cl2N4S. The normalized spacial score (nSPS) is 32.3. The van der Waals surface area contributed by atoms with Crippen molar-refractivity contribution in [3.63, 3.8) is 0 Å². The van der Waals surface area contributed by atoms with Crippen molar-refractivity contribution in [1.29, 1.82) is 0 Å². The Labute approximate surface area is 145 Å². The molecule has 2 fully saturated rings. The fourth-order valence-corrected chi connectivity index (χ4v) is 4.96. The van der Waals surface area contributed by atoms with Gasteiger partial charge in [-0.3, -0.25) is 10.2 Å². The summed E-state index contributed by atoms with van der Waals surface area (Å²) in [6.07, 6.45) is 1.87. The standard InChI is InChI=1S/C15H22Cl2N4S/c1-15(19)5-7-21(8-6-15)14-20-13(18)12(22-14)9-3-2-4-10(16)11(9)17/h2-4,12-14,20H,5-8,18-19H2,1H3. The molecule has 0 saturated carbocycles. The highest BCUT2D eigenvalue weighted by molar-refractivity contribution is 8.00. The lowest BCUT2D eigenvalue weighted by Crippen LogP contribution is -2.54. The molecular weight excluding hydrogens is 339 g/mol. The van der Waals surface area contributed by atoms with Crippen LogP contribution in [0.2, 0.25) is 10.0 Å². The monoisotopic (exact) mass is 360 g/mol. The maximum Gasteiger partial charge on any atom is 0.110 e. The highest BCUT2D eigenvalue weighted by atomic mass is 35.5. The van der Waals surface area contributed by atoms with Crippen LogP contribution in [0.5, 0.6) is 0 Å². The Morgan fingerprint density at radius 2 is 2.00 bits per heavy atom. The quantitative estimate of drug-likeness (QED) is 0.756. The van der Waals surface area contributed by atoms with Crippen molar-refractivity contribution in [3.8, 4) is 0 Å². The second kappa shape index (κ2) is 6.48. The van der Waals surface area contributed by atoms with Crippen LogP contribution in [0.1, 0.15) is 30.6 Å². The van der Waals surface area contributed by atoms with E-state index in [4.69, 9.17) is 34.7 Å². The number of nitrogens with one attached hydrogen (secondary N) is 1. The number of piperidine rings is 1. The first-order chi connectivity index (χ1) is 10.4. The van der Waals surface area contributed by atoms with Gasteiger partial charge in [-0.15, -0.1) is 11.8 Å². The predicted octanol–water partition coefficient (Wildman–Crippen LogP) is 2.75. The number of rotatable bonds is 2. The molecule has 0 aromatic heterocycles. The van der Waals surface area contributed by atoms with E-state index in [9.17, 15) is 0 Å². The fourth-order valence-electron chi connectivity index (χ4n) is 2.98. The van der Waals surface area contributed by atoms with Gasteiger partial charge < -0.3 is 11.5 Å². The average molecular weight is 361 g/mol. The Bertz CT molecular complexity index is 544. The molecule has 2 aliphatic rings. The van der Waals surface area contributed by atoms with Crippen molar-refractivity contribution in [2.24, 2.45) is 11.5 Å². The summed E-state index contributed by atoms with van der Waals surface area (Å²) in [4.78, 5) is 2.41. The summed E-state index contributed by atoms with van der Waals surface area (Å²) >= 11 is 14.3. The number of nitrogens with zero attached hydrogens (tertiary/aromatic N) is 1. The number of hydrogen-bond donors (Lipinski definition) is 3. The molecule has 5 N–H and O–H groups in total. The van der Waals surface area contributed by atoms with E-state index in [1.54, 1.807) is 6.07 Å². The zero-order valence-electron chi connectivity index (χ0n) is 12.6. The van der Waals surface area contributed by atoms with Crippen molar-refractivity contribution in [2.75, 3.05) is 13.1 Å². The lowest BCUT2D eigenvalue weighted by Gasteiger charge is -2.39. The van der Waals surface area contributed by atoms with Crippen molar-refractivity contribution in [1.82, 2.24) is 10.2 Å². The molecule has 22 heavy (non-hydrogen) atoms. The van der Waals surface area contributed by atoms with Crippen LogP contribution in [-0.2, 0) is 0 Å². The second-order valence-electron chi connectivity index (χ2n) is 6.43. The zero-order chi connectivity index (χ0) is 15.9. The number of thioether (sulfide) groups is 1. The first-order valence-corrected chi connectivity index (χ1v) is 9.21. The van der Waals surface area contributed by atoms with Gasteiger partial charge in [-0.1, -0.05) is 35.3 Å². The van der Waals surface area contributed by atoms with Crippen LogP contribution in [0.25, 0.3) is 0 Å². The van der Waals surface area contributed by atoms with Gasteiger partial charge in [0.1, 0.15) is 5.50 Å². The highest BCUT2D eigenvalue weighted by Crippen LogP contribution is 2.44. The molecule has 2 heterocycles. The third-order valence-electron chi connectivity index (χ3n) is 4.50. The SMILES string of the molecule is CC1(N)CCN(C2NC(N)C(c3cccc(Cl)c3Cl)S2)CC1. The van der Waals surface area contributed by atoms with Gasteiger partial charge in [-0.05, 0) is 31.4 Å². The fraction of sp³-hybridized carbons (Fsp3) is 0.600. The van der Waals surface area contributed by atoms with Gasteiger partial charge in [0.05, 0.1) is 21.5 Å². The molecule has 0 radical (unpaired) electrons. The van der Waals surface area contributed by atoms with Gasteiger partial charge in [-0.25, -0.2) is 0 Å². The minimum atomic E-state index is -0.142. The third-order valence-corrected chi connectivity index (χ3v) is 6.86. The topological polar surface area (TPSA) is 67.3 Å². The van der Waals surface area contributed by atoms with Crippen molar-refractivity contribution in [2.45, 2.75) is 42.2 Å². The molecule has 2 saturated heterocycles. The number of hydrogen-bond acceptors (Lipinski definition) is 5. The molecule has 1 aromatic rings. The van der Waals surface area contributed by atoms with E-state index in [1.165, 1.54) is 0 Å². The Hall–Kier alpha value is -0.0100. The van der Waals surface area contributed by atoms with Gasteiger partial charge >= 0.3 is 0 Å². The van der Waals surface area contributed by atoms with E-state index in [-0.39, 0.29) is 22.5 Å². The highest BCUT2D eigenvalue weighted by Gasteiger charge is 2.39. The molecule has 122 valence electrons. The van der Waals surface area contributed by atoms with Crippen LogP contribution in [0, 0.1) is 0 Å². The predicted molar refractivity (Wildman–Crippen MR) is 95.1 cm³/mol. The molecule has 3 atom stereocenters. The molecule has 2 aliphatic heterocycles. The molecule has 0 aliphatic carbocycles. The summed E-state index contributed by atoms with van der Waals surface area (Å²) in [6.45, 7) is 4.10. The maximum atomic E-state index is 6.35. The van der Waals surface area contributed by atoms with Crippen LogP contribution in [-0.4, -0.2) is 35.2 Å². The Kier molecular flexibility index (Phi) is 4.95. The lowest BCUT2D eigenvalue weighted by molar-refractivity contribution is 0.145. The molecule has 3 unspecified atom stereocenters. The smallest absolute Gasteiger partial charge is 0.110 e. The van der Waals surface area contributed by atoms with E-state index in [1.807, 2.05) is 23.9 Å². The number of halogens is 2. The summed E-state index contributed by atoms with van der Waals surface area (Å²) in [5, 5.41) is 4.75. The summed E-state index contributed by atoms with van der Waals surface area (Å²) in [7, 11) is 0. The Balaban J connectivity index is 1.71. The molecule has 0 amide bonds. The summed E-state index contributed by atoms with van der Waals surface area (Å²) < 4.78 is 0. The van der Waals surface area contributed by atoms with Crippen molar-refractivity contribution < 1.29 is 0 Å². The van der Waals surface area contributed by atoms with Crippen molar-refractivity contribution in [3.05, 3.63) is 33.8 Å². The largest absolute Gasteiger partial charge is 0.325 e. The van der Waals surface area contributed by atoms with Crippen LogP contribution < -0.4 is 16.8 Å². The number of likely N-dealkylation sites (tertiary alicyclic amines) is 1. The summed E-state index contributed by atoms with van der Waals surface area (Å²) in [5.74, 6) is 0. The van der Waals surface area contributed by atoms with Crippen LogP contribution in [0.3, 0.4) is 0 Å². The van der Waals surface area contributed by atoms with Crippen molar-refractivity contribution >= 4 is 35.0 Å². The summed E-state index contributed by atoms with van der Waals surface area (Å²) in [5.41, 5.74) is 13.7. The van der Waals surface area contributed by atoms with E-state index in [0.29, 0.717) is 10.0 Å². The second-order valence-corrected chi connectivity index (χ2v) is 8.45. The minimum Gasteiger partial charge on any atom is -0.325 e.